The van der Waals surface area contributed by atoms with E-state index in [0.29, 0.717) is 91.1 Å². The van der Waals surface area contributed by atoms with Crippen LogP contribution in [0, 0.1) is 0 Å². The zero-order valence-electron chi connectivity index (χ0n) is 55.1. The summed E-state index contributed by atoms with van der Waals surface area (Å²) < 4.78 is 18.4. The number of carbonyl (C=O) groups excluding carboxylic acids is 7. The minimum atomic E-state index is -1.88. The van der Waals surface area contributed by atoms with Crippen LogP contribution in [0.2, 0.25) is 12.6 Å². The Hall–Kier alpha value is -10.9. The van der Waals surface area contributed by atoms with Gasteiger partial charge < -0.3 is 96.5 Å². The first-order valence-electron chi connectivity index (χ1n) is 33.5. The van der Waals surface area contributed by atoms with Crippen LogP contribution < -0.4 is 41.4 Å². The summed E-state index contributed by atoms with van der Waals surface area (Å²) in [7, 11) is -1.52. The minimum Gasteiger partial charge on any atom is -0.508 e. The smallest absolute Gasteiger partial charge is 0.451 e. The number of benzene rings is 7. The number of aromatic amines is 1. The van der Waals surface area contributed by atoms with Crippen LogP contribution in [0.5, 0.6) is 46.0 Å². The highest BCUT2D eigenvalue weighted by atomic mass is 16.5. The standard InChI is InChI=1S/C73H78B2N8O18/c1-83-57-34-41-10-24-51(25-11-41)101-60-39-47-35-54(66(60)87)45-18-28-53-48(40-77-55(53)36-45)37-56(78-69(90)61(42-12-20-49(84)21-13-42)76-32-8-4-2-6-30-74(95)96)67(88)79-62(43-14-22-50(85)23-15-43)70(91)80-63(47)71(92)81-64(72(83)93)44-16-26-52(27-17-44)100-59-38-46(19-29-58(59)86)65(82-68(57)89)73(94)99-33-9-5-3-7-31-75(97)98/h10-29,35-36,38-40,56-57,61-65,76-77,84-87,95-98H,2-9,30-34,37H2,1H3,(H,78,90)(H,79,88)(H,80,91)(H,81,92)(H,82,89)/t56-,57+,61?,62-,63-,64-,65-/m1/s1. The third-order valence-electron chi connectivity index (χ3n) is 18.2. The van der Waals surface area contributed by atoms with Gasteiger partial charge in [-0.2, -0.15) is 0 Å². The molecule has 0 aliphatic carbocycles. The molecule has 1 aromatic heterocycles. The van der Waals surface area contributed by atoms with Crippen LogP contribution in [0.3, 0.4) is 0 Å². The van der Waals surface area contributed by atoms with Crippen LogP contribution in [0.1, 0.15) is 121 Å². The van der Waals surface area contributed by atoms with Crippen molar-refractivity contribution in [2.75, 3.05) is 20.2 Å². The van der Waals surface area contributed by atoms with Gasteiger partial charge in [-0.1, -0.05) is 105 Å². The second-order valence-electron chi connectivity index (χ2n) is 25.4. The molecule has 15 bridgehead atoms. The zero-order chi connectivity index (χ0) is 71.4. The summed E-state index contributed by atoms with van der Waals surface area (Å²) in [4.78, 5) is 112. The lowest BCUT2D eigenvalue weighted by atomic mass is 9.83. The monoisotopic (exact) mass is 1380 g/mol. The summed E-state index contributed by atoms with van der Waals surface area (Å²) in [6, 6.07) is 24.7. The average Bonchev–Trinajstić information content (AvgIpc) is 1.75. The van der Waals surface area contributed by atoms with Gasteiger partial charge in [0.15, 0.2) is 29.0 Å². The van der Waals surface area contributed by atoms with Crippen molar-refractivity contribution < 1.29 is 88.3 Å². The maximum atomic E-state index is 16.0. The predicted octanol–water partition coefficient (Wildman–Crippen LogP) is 6.65. The Kier molecular flexibility index (Phi) is 22.9. The largest absolute Gasteiger partial charge is 0.508 e. The normalized spacial score (nSPS) is 18.7. The van der Waals surface area contributed by atoms with E-state index in [-0.39, 0.29) is 100 Å². The Morgan fingerprint density at radius 1 is 0.584 bits per heavy atom. The minimum absolute atomic E-state index is 0.0284. The van der Waals surface area contributed by atoms with Gasteiger partial charge in [-0.05, 0) is 155 Å². The van der Waals surface area contributed by atoms with E-state index in [1.54, 1.807) is 60.8 Å². The molecule has 7 aromatic carbocycles. The Balaban J connectivity index is 0.999. The number of likely N-dealkylation sites (N-methyl/N-ethyl adjacent to an activating group) is 1. The number of phenols is 4. The Bertz CT molecular complexity index is 4310. The molecular weight excluding hydrogens is 1300 g/mol. The number of carbonyl (C=O) groups is 7. The molecule has 0 saturated carbocycles. The average molecular weight is 1380 g/mol. The Morgan fingerprint density at radius 2 is 1.16 bits per heavy atom. The summed E-state index contributed by atoms with van der Waals surface area (Å²) in [6.45, 7) is 0.236. The molecule has 101 heavy (non-hydrogen) atoms. The van der Waals surface area contributed by atoms with Crippen molar-refractivity contribution in [1.29, 1.82) is 0 Å². The van der Waals surface area contributed by atoms with Gasteiger partial charge in [0.2, 0.25) is 35.4 Å². The third-order valence-corrected chi connectivity index (χ3v) is 18.2. The topological polar surface area (TPSA) is 400 Å². The van der Waals surface area contributed by atoms with Crippen LogP contribution in [0.25, 0.3) is 22.0 Å². The molecule has 28 heteroatoms. The van der Waals surface area contributed by atoms with E-state index >= 15 is 24.0 Å². The molecule has 6 aliphatic rings. The quantitative estimate of drug-likeness (QED) is 0.0216. The molecule has 7 heterocycles. The summed E-state index contributed by atoms with van der Waals surface area (Å²) in [5.74, 6) is -7.29. The molecule has 0 saturated heterocycles. The number of H-pyrrole nitrogens is 1. The number of aromatic hydroxyl groups is 4. The van der Waals surface area contributed by atoms with Crippen molar-refractivity contribution in [2.24, 2.45) is 0 Å². The van der Waals surface area contributed by atoms with Gasteiger partial charge in [-0.3, -0.25) is 28.8 Å². The van der Waals surface area contributed by atoms with Gasteiger partial charge in [-0.25, -0.2) is 4.79 Å². The molecule has 1 unspecified atom stereocenters. The molecule has 8 aromatic rings. The van der Waals surface area contributed by atoms with E-state index in [4.69, 9.17) is 14.2 Å². The van der Waals surface area contributed by atoms with Gasteiger partial charge in [-0.15, -0.1) is 0 Å². The maximum Gasteiger partial charge on any atom is 0.451 e. The number of nitrogens with one attached hydrogen (secondary N) is 7. The van der Waals surface area contributed by atoms with E-state index in [9.17, 15) is 50.1 Å². The van der Waals surface area contributed by atoms with Gasteiger partial charge in [0.25, 0.3) is 0 Å². The highest BCUT2D eigenvalue weighted by molar-refractivity contribution is 6.41. The summed E-state index contributed by atoms with van der Waals surface area (Å²) >= 11 is 0. The fourth-order valence-corrected chi connectivity index (χ4v) is 12.6. The number of unbranched alkanes of at least 4 members (excludes halogenated alkanes) is 6. The fourth-order valence-electron chi connectivity index (χ4n) is 12.6. The van der Waals surface area contributed by atoms with E-state index < -0.39 is 104 Å². The SMILES string of the molecule is CN1C(=O)[C@@H]2NC(=O)[C@@H]3NC(=O)[C@@H](c4ccc(O)cc4)NC(=O)[C@H](NC(=O)C(NCCCCCCB(O)O)c4ccc(O)cc4)Cc4c[nH]c5cc(ccc45)-c4cc3cc(c4O)Oc3ccc(cc3)C[C@H]1C(=O)N[C@@H](C(=O)OCCCCCCB(O)O)c1ccc(O)c(c1)Oc1ccc2cc1. The van der Waals surface area contributed by atoms with E-state index in [2.05, 4.69) is 36.9 Å². The molecule has 524 valence electrons. The molecule has 15 N–H and O–H groups in total. The molecule has 14 rings (SSSR count). The molecule has 0 radical (unpaired) electrons. The lowest BCUT2D eigenvalue weighted by Crippen LogP contribution is -2.55. The first-order valence-corrected chi connectivity index (χ1v) is 33.5. The van der Waals surface area contributed by atoms with Crippen molar-refractivity contribution in [3.8, 4) is 57.1 Å². The summed E-state index contributed by atoms with van der Waals surface area (Å²) in [5.41, 5.74) is 2.83. The number of ether oxygens (including phenoxy) is 3. The number of rotatable bonds is 20. The van der Waals surface area contributed by atoms with Gasteiger partial charge >= 0.3 is 20.2 Å². The van der Waals surface area contributed by atoms with Gasteiger partial charge in [0, 0.05) is 42.6 Å². The lowest BCUT2D eigenvalue weighted by molar-refractivity contribution is -0.149. The number of fused-ring (bicyclic) bond motifs is 14. The van der Waals surface area contributed by atoms with Crippen LogP contribution >= 0.6 is 0 Å². The predicted molar refractivity (Wildman–Crippen MR) is 371 cm³/mol. The second-order valence-corrected chi connectivity index (χ2v) is 25.4. The molecule has 6 amide bonds. The number of nitrogens with zero attached hydrogens (tertiary/aromatic N) is 1. The molecule has 6 aliphatic heterocycles. The van der Waals surface area contributed by atoms with Crippen LogP contribution in [0.4, 0.5) is 0 Å². The molecule has 0 spiro atoms. The van der Waals surface area contributed by atoms with Crippen molar-refractivity contribution in [3.63, 3.8) is 0 Å². The number of hydrogen-bond acceptors (Lipinski definition) is 19. The molecule has 0 fully saturated rings. The number of amides is 6. The summed E-state index contributed by atoms with van der Waals surface area (Å²) in [5, 5.41) is 99.9. The number of esters is 1. The molecule has 7 atom stereocenters. The Labute approximate surface area is 581 Å². The maximum absolute atomic E-state index is 16.0. The lowest BCUT2D eigenvalue weighted by Gasteiger charge is -2.33. The van der Waals surface area contributed by atoms with Gasteiger partial charge in [0.05, 0.1) is 6.61 Å². The number of hydrogen-bond donors (Lipinski definition) is 15. The van der Waals surface area contributed by atoms with E-state index in [0.717, 1.165) is 4.90 Å². The van der Waals surface area contributed by atoms with Crippen LogP contribution in [-0.2, 0) is 51.1 Å². The number of aromatic nitrogens is 1. The first kappa shape index (κ1) is 71.4. The van der Waals surface area contributed by atoms with E-state index in [1.165, 1.54) is 98.0 Å². The number of phenolic OH excluding ortho intramolecular Hbond substituents is 4. The van der Waals surface area contributed by atoms with Crippen molar-refractivity contribution in [3.05, 3.63) is 191 Å². The van der Waals surface area contributed by atoms with Crippen molar-refractivity contribution in [2.45, 2.75) is 119 Å². The van der Waals surface area contributed by atoms with E-state index in [1.807, 2.05) is 0 Å². The highest BCUT2D eigenvalue weighted by Gasteiger charge is 2.40. The summed E-state index contributed by atoms with van der Waals surface area (Å²) in [6.07, 6.45) is 6.29. The second kappa shape index (κ2) is 32.4. The first-order chi connectivity index (χ1) is 48.6. The van der Waals surface area contributed by atoms with Crippen LogP contribution in [-0.4, -0.2) is 138 Å². The molecular formula is C73H78B2N8O18. The molecule has 26 nitrogen and oxygen atoms in total. The zero-order valence-corrected chi connectivity index (χ0v) is 55.1. The Morgan fingerprint density at radius 3 is 1.84 bits per heavy atom. The van der Waals surface area contributed by atoms with Crippen molar-refractivity contribution >= 4 is 66.6 Å². The highest BCUT2D eigenvalue weighted by Crippen LogP contribution is 2.44. The van der Waals surface area contributed by atoms with Crippen molar-refractivity contribution in [1.82, 2.24) is 41.8 Å². The van der Waals surface area contributed by atoms with Crippen LogP contribution in [0.15, 0.2) is 152 Å². The third kappa shape index (κ3) is 17.6. The van der Waals surface area contributed by atoms with Gasteiger partial charge in [0.1, 0.15) is 59.2 Å². The fraction of sp³-hybridized carbons (Fsp3) is 0.301.